The molecule has 0 fully saturated rings. The number of nitrogens with two attached hydrogens (primary N) is 1. The first-order valence-corrected chi connectivity index (χ1v) is 6.33. The summed E-state index contributed by atoms with van der Waals surface area (Å²) in [6.45, 7) is 1.94. The van der Waals surface area contributed by atoms with Crippen LogP contribution in [0.25, 0.3) is 0 Å². The van der Waals surface area contributed by atoms with Crippen molar-refractivity contribution < 1.29 is 4.79 Å². The zero-order chi connectivity index (χ0) is 13.8. The topological polar surface area (TPSA) is 55.1 Å². The molecular weight excluding hydrogens is 260 g/mol. The van der Waals surface area contributed by atoms with Crippen LogP contribution in [0, 0.1) is 6.92 Å². The van der Waals surface area contributed by atoms with Gasteiger partial charge >= 0.3 is 0 Å². The van der Waals surface area contributed by atoms with E-state index >= 15 is 0 Å². The van der Waals surface area contributed by atoms with Gasteiger partial charge in [-0.1, -0.05) is 48.0 Å². The lowest BCUT2D eigenvalue weighted by molar-refractivity contribution is -0.118. The molecule has 0 saturated carbocycles. The molecule has 0 aliphatic heterocycles. The minimum Gasteiger partial charge on any atom is -0.369 e. The third kappa shape index (κ3) is 3.06. The summed E-state index contributed by atoms with van der Waals surface area (Å²) in [7, 11) is 0. The predicted molar refractivity (Wildman–Crippen MR) is 78.2 cm³/mol. The normalized spacial score (nSPS) is 11.9. The van der Waals surface area contributed by atoms with Crippen molar-refractivity contribution in [1.29, 1.82) is 0 Å². The van der Waals surface area contributed by atoms with E-state index in [-0.39, 0.29) is 0 Å². The van der Waals surface area contributed by atoms with Gasteiger partial charge in [0.1, 0.15) is 6.04 Å². The molecule has 0 bridgehead atoms. The van der Waals surface area contributed by atoms with Gasteiger partial charge in [-0.2, -0.15) is 0 Å². The number of carbonyl (C=O) groups is 1. The van der Waals surface area contributed by atoms with Crippen LogP contribution in [0.5, 0.6) is 0 Å². The number of aryl methyl sites for hydroxylation is 1. The Labute approximate surface area is 117 Å². The van der Waals surface area contributed by atoms with Crippen molar-refractivity contribution >= 4 is 23.2 Å². The lowest BCUT2D eigenvalue weighted by Gasteiger charge is -2.19. The molecular formula is C15H15ClN2O. The van der Waals surface area contributed by atoms with Gasteiger partial charge in [0.25, 0.3) is 0 Å². The molecule has 0 aliphatic rings. The largest absolute Gasteiger partial charge is 0.369 e. The maximum absolute atomic E-state index is 11.7. The molecule has 0 heterocycles. The van der Waals surface area contributed by atoms with E-state index in [1.165, 1.54) is 0 Å². The van der Waals surface area contributed by atoms with E-state index in [9.17, 15) is 4.79 Å². The predicted octanol–water partition coefficient (Wildman–Crippen LogP) is 3.29. The number of hydrogen-bond acceptors (Lipinski definition) is 2. The molecule has 1 atom stereocenters. The summed E-state index contributed by atoms with van der Waals surface area (Å²) in [5.74, 6) is -0.436. The van der Waals surface area contributed by atoms with Gasteiger partial charge in [0.2, 0.25) is 5.91 Å². The number of primary amides is 1. The molecule has 3 N–H and O–H groups in total. The zero-order valence-electron chi connectivity index (χ0n) is 10.6. The van der Waals surface area contributed by atoms with E-state index in [4.69, 9.17) is 17.3 Å². The molecule has 4 heteroatoms. The van der Waals surface area contributed by atoms with Crippen LogP contribution in [0.1, 0.15) is 17.2 Å². The summed E-state index contributed by atoms with van der Waals surface area (Å²) in [5, 5.41) is 3.66. The number of anilines is 1. The molecule has 98 valence electrons. The maximum atomic E-state index is 11.7. The fourth-order valence-corrected chi connectivity index (χ4v) is 2.14. The quantitative estimate of drug-likeness (QED) is 0.899. The van der Waals surface area contributed by atoms with Gasteiger partial charge in [0.05, 0.1) is 10.7 Å². The van der Waals surface area contributed by atoms with E-state index in [1.807, 2.05) is 49.4 Å². The Balaban J connectivity index is 2.35. The van der Waals surface area contributed by atoms with Gasteiger partial charge in [-0.3, -0.25) is 4.79 Å². The van der Waals surface area contributed by atoms with E-state index in [0.29, 0.717) is 10.7 Å². The summed E-state index contributed by atoms with van der Waals surface area (Å²) < 4.78 is 0. The van der Waals surface area contributed by atoms with E-state index in [0.717, 1.165) is 11.1 Å². The van der Waals surface area contributed by atoms with Gasteiger partial charge in [-0.25, -0.2) is 0 Å². The summed E-state index contributed by atoms with van der Waals surface area (Å²) in [6.07, 6.45) is 0. The summed E-state index contributed by atoms with van der Waals surface area (Å²) in [4.78, 5) is 11.7. The summed E-state index contributed by atoms with van der Waals surface area (Å²) >= 11 is 6.09. The minimum atomic E-state index is -0.596. The molecule has 3 nitrogen and oxygen atoms in total. The third-order valence-electron chi connectivity index (χ3n) is 2.96. The van der Waals surface area contributed by atoms with Gasteiger partial charge in [-0.15, -0.1) is 0 Å². The number of benzene rings is 2. The molecule has 19 heavy (non-hydrogen) atoms. The lowest BCUT2D eigenvalue weighted by atomic mass is 10.0. The van der Waals surface area contributed by atoms with Gasteiger partial charge in [0.15, 0.2) is 0 Å². The number of amides is 1. The van der Waals surface area contributed by atoms with Crippen molar-refractivity contribution in [3.63, 3.8) is 0 Å². The number of nitrogens with one attached hydrogen (secondary N) is 1. The second kappa shape index (κ2) is 5.76. The third-order valence-corrected chi connectivity index (χ3v) is 3.29. The van der Waals surface area contributed by atoms with E-state index in [2.05, 4.69) is 5.32 Å². The molecule has 2 aromatic carbocycles. The highest BCUT2D eigenvalue weighted by atomic mass is 35.5. The molecule has 1 amide bonds. The Bertz CT molecular complexity index is 598. The van der Waals surface area contributed by atoms with E-state index in [1.54, 1.807) is 6.07 Å². The first-order chi connectivity index (χ1) is 9.09. The van der Waals surface area contributed by atoms with Crippen molar-refractivity contribution in [1.82, 2.24) is 0 Å². The highest BCUT2D eigenvalue weighted by molar-refractivity contribution is 6.33. The Morgan fingerprint density at radius 2 is 1.79 bits per heavy atom. The van der Waals surface area contributed by atoms with Crippen LogP contribution >= 0.6 is 11.6 Å². The average Bonchev–Trinajstić information content (AvgIpc) is 2.38. The van der Waals surface area contributed by atoms with Gasteiger partial charge in [-0.05, 0) is 30.2 Å². The molecule has 0 aromatic heterocycles. The fourth-order valence-electron chi connectivity index (χ4n) is 1.95. The molecule has 1 unspecified atom stereocenters. The first kappa shape index (κ1) is 13.4. The van der Waals surface area contributed by atoms with Crippen molar-refractivity contribution in [2.24, 2.45) is 5.73 Å². The summed E-state index contributed by atoms with van der Waals surface area (Å²) in [6, 6.07) is 14.3. The zero-order valence-corrected chi connectivity index (χ0v) is 11.3. The van der Waals surface area contributed by atoms with Crippen LogP contribution in [-0.2, 0) is 4.79 Å². The molecule has 0 radical (unpaired) electrons. The second-order valence-electron chi connectivity index (χ2n) is 4.32. The number of carbonyl (C=O) groups excluding carboxylic acids is 1. The summed E-state index contributed by atoms with van der Waals surface area (Å²) in [5.41, 5.74) is 8.04. The van der Waals surface area contributed by atoms with Crippen LogP contribution in [-0.4, -0.2) is 5.91 Å². The van der Waals surface area contributed by atoms with E-state index < -0.39 is 11.9 Å². The Morgan fingerprint density at radius 1 is 1.16 bits per heavy atom. The van der Waals surface area contributed by atoms with Crippen molar-refractivity contribution in [3.8, 4) is 0 Å². The van der Waals surface area contributed by atoms with Gasteiger partial charge < -0.3 is 11.1 Å². The maximum Gasteiger partial charge on any atom is 0.244 e. The highest BCUT2D eigenvalue weighted by Gasteiger charge is 2.19. The first-order valence-electron chi connectivity index (χ1n) is 5.95. The molecule has 0 saturated heterocycles. The Hall–Kier alpha value is -2.00. The minimum absolute atomic E-state index is 0.436. The fraction of sp³-hybridized carbons (Fsp3) is 0.133. The van der Waals surface area contributed by atoms with Crippen LogP contribution in [0.15, 0.2) is 48.5 Å². The average molecular weight is 275 g/mol. The highest BCUT2D eigenvalue weighted by Crippen LogP contribution is 2.27. The van der Waals surface area contributed by atoms with Crippen molar-refractivity contribution in [3.05, 3.63) is 64.7 Å². The Morgan fingerprint density at radius 3 is 2.42 bits per heavy atom. The molecule has 2 aromatic rings. The van der Waals surface area contributed by atoms with Crippen LogP contribution in [0.4, 0.5) is 5.69 Å². The molecule has 2 rings (SSSR count). The number of rotatable bonds is 4. The van der Waals surface area contributed by atoms with Crippen LogP contribution in [0.3, 0.4) is 0 Å². The molecule has 0 aliphatic carbocycles. The van der Waals surface area contributed by atoms with Crippen molar-refractivity contribution in [2.75, 3.05) is 5.32 Å². The standard InChI is InChI=1S/C15H15ClN2O/c1-10-6-2-3-7-11(10)14(15(17)19)18-13-9-5-4-8-12(13)16/h2-9,14,18H,1H3,(H2,17,19). The lowest BCUT2D eigenvalue weighted by Crippen LogP contribution is -2.28. The second-order valence-corrected chi connectivity index (χ2v) is 4.72. The Kier molecular flexibility index (Phi) is 4.07. The number of para-hydroxylation sites is 1. The van der Waals surface area contributed by atoms with Gasteiger partial charge in [0, 0.05) is 0 Å². The SMILES string of the molecule is Cc1ccccc1C(Nc1ccccc1Cl)C(N)=O. The monoisotopic (exact) mass is 274 g/mol. The van der Waals surface area contributed by atoms with Crippen LogP contribution in [0.2, 0.25) is 5.02 Å². The van der Waals surface area contributed by atoms with Crippen molar-refractivity contribution in [2.45, 2.75) is 13.0 Å². The van der Waals surface area contributed by atoms with Crippen LogP contribution < -0.4 is 11.1 Å². The number of halogens is 1. The number of hydrogen-bond donors (Lipinski definition) is 2. The smallest absolute Gasteiger partial charge is 0.244 e. The molecule has 0 spiro atoms.